The van der Waals surface area contributed by atoms with E-state index in [0.717, 1.165) is 13.0 Å². The fraction of sp³-hybridized carbons (Fsp3) is 1.00. The van der Waals surface area contributed by atoms with Crippen LogP contribution in [0.2, 0.25) is 0 Å². The molecule has 5 nitrogen and oxygen atoms in total. The summed E-state index contributed by atoms with van der Waals surface area (Å²) in [5, 5.41) is 3.22. The van der Waals surface area contributed by atoms with Crippen molar-refractivity contribution in [1.29, 1.82) is 0 Å². The van der Waals surface area contributed by atoms with Crippen LogP contribution in [0.3, 0.4) is 0 Å². The van der Waals surface area contributed by atoms with E-state index < -0.39 is 7.75 Å². The summed E-state index contributed by atoms with van der Waals surface area (Å²) in [5.74, 6) is 0. The second-order valence-electron chi connectivity index (χ2n) is 4.74. The zero-order valence-corrected chi connectivity index (χ0v) is 13.0. The van der Waals surface area contributed by atoms with E-state index in [4.69, 9.17) is 9.05 Å². The summed E-state index contributed by atoms with van der Waals surface area (Å²) in [4.78, 5) is 0. The van der Waals surface area contributed by atoms with Crippen LogP contribution in [0.15, 0.2) is 0 Å². The molecule has 1 aliphatic heterocycles. The number of nitrogens with zero attached hydrogens (tertiary/aromatic N) is 1. The summed E-state index contributed by atoms with van der Waals surface area (Å²) in [6.07, 6.45) is 0.967. The summed E-state index contributed by atoms with van der Waals surface area (Å²) >= 11 is 0. The van der Waals surface area contributed by atoms with Gasteiger partial charge in [0.05, 0.1) is 13.2 Å². The van der Waals surface area contributed by atoms with Gasteiger partial charge < -0.3 is 0 Å². The Balaban J connectivity index is 2.46. The average Bonchev–Trinajstić information content (AvgIpc) is 2.34. The molecule has 0 saturated carbocycles. The molecule has 0 spiro atoms. The standard InChI is InChI=1S/C10H24N2O3P2/c1-5-10(2)8-14-17(13,15-9-10)12(3)7-6-11-16-4/h11,16H,5-9H2,1-4H3. The lowest BCUT2D eigenvalue weighted by Crippen LogP contribution is -2.36. The van der Waals surface area contributed by atoms with E-state index in [9.17, 15) is 4.57 Å². The molecule has 1 atom stereocenters. The highest BCUT2D eigenvalue weighted by atomic mass is 31.2. The lowest BCUT2D eigenvalue weighted by atomic mass is 9.90. The fourth-order valence-electron chi connectivity index (χ4n) is 1.42. The fourth-order valence-corrected chi connectivity index (χ4v) is 3.55. The zero-order valence-electron chi connectivity index (χ0n) is 11.2. The van der Waals surface area contributed by atoms with Crippen molar-refractivity contribution in [2.45, 2.75) is 20.3 Å². The minimum absolute atomic E-state index is 0.00218. The third-order valence-electron chi connectivity index (χ3n) is 3.16. The largest absolute Gasteiger partial charge is 0.407 e. The third-order valence-corrected chi connectivity index (χ3v) is 5.71. The van der Waals surface area contributed by atoms with E-state index in [1.54, 1.807) is 11.7 Å². The second-order valence-corrected chi connectivity index (χ2v) is 7.73. The molecule has 0 aromatic rings. The molecule has 102 valence electrons. The van der Waals surface area contributed by atoms with E-state index in [1.165, 1.54) is 0 Å². The molecule has 7 heteroatoms. The Kier molecular flexibility index (Phi) is 6.04. The molecule has 1 aliphatic rings. The molecule has 1 rings (SSSR count). The Bertz CT molecular complexity index is 277. The lowest BCUT2D eigenvalue weighted by molar-refractivity contribution is 0.0110. The molecular weight excluding hydrogens is 258 g/mol. The summed E-state index contributed by atoms with van der Waals surface area (Å²) in [7, 11) is -0.555. The maximum Gasteiger partial charge on any atom is 0.407 e. The molecule has 0 aliphatic carbocycles. The number of likely N-dealkylation sites (N-methyl/N-ethyl adjacent to an activating group) is 1. The van der Waals surface area contributed by atoms with Gasteiger partial charge in [0, 0.05) is 18.5 Å². The second kappa shape index (κ2) is 6.60. The van der Waals surface area contributed by atoms with Gasteiger partial charge in [-0.25, -0.2) is 9.24 Å². The van der Waals surface area contributed by atoms with Crippen molar-refractivity contribution in [3.8, 4) is 0 Å². The van der Waals surface area contributed by atoms with Crippen molar-refractivity contribution in [2.75, 3.05) is 40.0 Å². The first-order valence-electron chi connectivity index (χ1n) is 5.96. The SMILES string of the molecule is CCC1(C)COP(=O)(N(C)CCNPC)OC1. The van der Waals surface area contributed by atoms with E-state index in [1.807, 2.05) is 0 Å². The molecule has 0 radical (unpaired) electrons. The van der Waals surface area contributed by atoms with Gasteiger partial charge >= 0.3 is 7.75 Å². The van der Waals surface area contributed by atoms with Gasteiger partial charge in [-0.2, -0.15) is 0 Å². The van der Waals surface area contributed by atoms with Crippen molar-refractivity contribution in [2.24, 2.45) is 5.41 Å². The molecule has 17 heavy (non-hydrogen) atoms. The van der Waals surface area contributed by atoms with E-state index in [2.05, 4.69) is 25.6 Å². The highest BCUT2D eigenvalue weighted by Gasteiger charge is 2.40. The Morgan fingerprint density at radius 2 is 2.06 bits per heavy atom. The van der Waals surface area contributed by atoms with Crippen molar-refractivity contribution in [3.05, 3.63) is 0 Å². The minimum Gasteiger partial charge on any atom is -0.297 e. The van der Waals surface area contributed by atoms with Gasteiger partial charge in [-0.15, -0.1) is 0 Å². The molecule has 0 amide bonds. The van der Waals surface area contributed by atoms with Crippen LogP contribution < -0.4 is 5.09 Å². The number of hydrogen-bond acceptors (Lipinski definition) is 4. The molecule has 0 aromatic heterocycles. The summed E-state index contributed by atoms with van der Waals surface area (Å²) in [5.41, 5.74) is -0.00218. The molecule has 1 N–H and O–H groups in total. The smallest absolute Gasteiger partial charge is 0.297 e. The normalized spacial score (nSPS) is 34.9. The monoisotopic (exact) mass is 282 g/mol. The number of nitrogens with one attached hydrogen (secondary N) is 1. The first-order chi connectivity index (χ1) is 7.96. The Morgan fingerprint density at radius 1 is 1.47 bits per heavy atom. The van der Waals surface area contributed by atoms with E-state index in [0.29, 0.717) is 28.5 Å². The molecule has 1 unspecified atom stereocenters. The van der Waals surface area contributed by atoms with Crippen LogP contribution in [0.4, 0.5) is 0 Å². The summed E-state index contributed by atoms with van der Waals surface area (Å²) in [6, 6.07) is 0. The van der Waals surface area contributed by atoms with Gasteiger partial charge in [0.1, 0.15) is 0 Å². The minimum atomic E-state index is -3.04. The molecule has 0 aromatic carbocycles. The van der Waals surface area contributed by atoms with Crippen LogP contribution in [0.5, 0.6) is 0 Å². The van der Waals surface area contributed by atoms with Gasteiger partial charge in [-0.3, -0.25) is 14.1 Å². The van der Waals surface area contributed by atoms with Crippen molar-refractivity contribution in [1.82, 2.24) is 9.76 Å². The van der Waals surface area contributed by atoms with Crippen LogP contribution >= 0.6 is 16.5 Å². The lowest BCUT2D eigenvalue weighted by Gasteiger charge is -2.38. The predicted octanol–water partition coefficient (Wildman–Crippen LogP) is 2.30. The molecule has 0 bridgehead atoms. The van der Waals surface area contributed by atoms with E-state index >= 15 is 0 Å². The maximum absolute atomic E-state index is 12.4. The first kappa shape index (κ1) is 15.6. The van der Waals surface area contributed by atoms with Crippen LogP contribution in [-0.2, 0) is 13.6 Å². The van der Waals surface area contributed by atoms with Crippen LogP contribution in [0.25, 0.3) is 0 Å². The Hall–Kier alpha value is 0.500. The third kappa shape index (κ3) is 4.27. The van der Waals surface area contributed by atoms with Gasteiger partial charge in [-0.05, 0) is 20.1 Å². The molecule has 1 fully saturated rings. The van der Waals surface area contributed by atoms with Gasteiger partial charge in [-0.1, -0.05) is 22.6 Å². The molecular formula is C10H24N2O3P2. The van der Waals surface area contributed by atoms with Crippen molar-refractivity contribution in [3.63, 3.8) is 0 Å². The van der Waals surface area contributed by atoms with Gasteiger partial charge in [0.25, 0.3) is 0 Å². The van der Waals surface area contributed by atoms with Crippen molar-refractivity contribution < 1.29 is 13.6 Å². The highest BCUT2D eigenvalue weighted by Crippen LogP contribution is 2.56. The molecule has 1 heterocycles. The quantitative estimate of drug-likeness (QED) is 0.598. The molecule has 1 saturated heterocycles. The first-order valence-corrected chi connectivity index (χ1v) is 8.96. The van der Waals surface area contributed by atoms with Crippen LogP contribution in [0.1, 0.15) is 20.3 Å². The maximum atomic E-state index is 12.4. The van der Waals surface area contributed by atoms with Gasteiger partial charge in [0.15, 0.2) is 0 Å². The number of hydrogen-bond donors (Lipinski definition) is 1. The van der Waals surface area contributed by atoms with Crippen LogP contribution in [0, 0.1) is 5.41 Å². The van der Waals surface area contributed by atoms with Crippen LogP contribution in [-0.4, -0.2) is 44.7 Å². The Labute approximate surface area is 106 Å². The topological polar surface area (TPSA) is 50.8 Å². The predicted molar refractivity (Wildman–Crippen MR) is 72.8 cm³/mol. The average molecular weight is 282 g/mol. The number of rotatable bonds is 6. The van der Waals surface area contributed by atoms with Gasteiger partial charge in [0.2, 0.25) is 0 Å². The summed E-state index contributed by atoms with van der Waals surface area (Å²) < 4.78 is 25.1. The van der Waals surface area contributed by atoms with E-state index in [-0.39, 0.29) is 5.41 Å². The van der Waals surface area contributed by atoms with Crippen molar-refractivity contribution >= 4 is 16.5 Å². The highest BCUT2D eigenvalue weighted by molar-refractivity contribution is 7.51. The summed E-state index contributed by atoms with van der Waals surface area (Å²) in [6.45, 7) is 8.74. The zero-order chi connectivity index (χ0) is 12.9. The Morgan fingerprint density at radius 3 is 2.53 bits per heavy atom.